The first-order chi connectivity index (χ1) is 10.2. The van der Waals surface area contributed by atoms with Gasteiger partial charge in [-0.15, -0.1) is 0 Å². The van der Waals surface area contributed by atoms with Crippen LogP contribution in [0, 0.1) is 11.8 Å². The summed E-state index contributed by atoms with van der Waals surface area (Å²) in [6, 6.07) is 5.45. The standard InChI is InChI=1S/C18H26O3/c1-4-5-13-6-8-14(9-7-13)18(19)16-11-10-15(20-2)12-17(16)21-3/h10-14H,4-9H2,1-3H3. The van der Waals surface area contributed by atoms with Crippen LogP contribution in [0.3, 0.4) is 0 Å². The smallest absolute Gasteiger partial charge is 0.169 e. The van der Waals surface area contributed by atoms with E-state index in [2.05, 4.69) is 6.92 Å². The van der Waals surface area contributed by atoms with Gasteiger partial charge in [0.1, 0.15) is 11.5 Å². The molecule has 0 N–H and O–H groups in total. The van der Waals surface area contributed by atoms with Crippen LogP contribution < -0.4 is 9.47 Å². The Morgan fingerprint density at radius 3 is 2.43 bits per heavy atom. The van der Waals surface area contributed by atoms with Gasteiger partial charge in [-0.2, -0.15) is 0 Å². The molecule has 1 aromatic carbocycles. The van der Waals surface area contributed by atoms with E-state index in [-0.39, 0.29) is 11.7 Å². The summed E-state index contributed by atoms with van der Waals surface area (Å²) in [5.74, 6) is 2.53. The number of benzene rings is 1. The van der Waals surface area contributed by atoms with Crippen LogP contribution in [0.4, 0.5) is 0 Å². The Balaban J connectivity index is 2.07. The second-order valence-corrected chi connectivity index (χ2v) is 5.94. The number of rotatable bonds is 6. The Labute approximate surface area is 127 Å². The van der Waals surface area contributed by atoms with Crippen LogP contribution in [0.25, 0.3) is 0 Å². The second-order valence-electron chi connectivity index (χ2n) is 5.94. The maximum absolute atomic E-state index is 12.7. The van der Waals surface area contributed by atoms with Gasteiger partial charge in [-0.05, 0) is 43.7 Å². The minimum absolute atomic E-state index is 0.153. The topological polar surface area (TPSA) is 35.5 Å². The SMILES string of the molecule is CCCC1CCC(C(=O)c2ccc(OC)cc2OC)CC1. The summed E-state index contributed by atoms with van der Waals surface area (Å²) in [6.45, 7) is 2.24. The summed E-state index contributed by atoms with van der Waals surface area (Å²) in [5.41, 5.74) is 0.692. The zero-order chi connectivity index (χ0) is 15.2. The van der Waals surface area contributed by atoms with Gasteiger partial charge in [0.25, 0.3) is 0 Å². The van der Waals surface area contributed by atoms with E-state index < -0.39 is 0 Å². The molecule has 1 aromatic rings. The first-order valence-electron chi connectivity index (χ1n) is 7.95. The van der Waals surface area contributed by atoms with Crippen LogP contribution in [0.2, 0.25) is 0 Å². The highest BCUT2D eigenvalue weighted by Crippen LogP contribution is 2.35. The molecule has 0 atom stereocenters. The van der Waals surface area contributed by atoms with E-state index in [9.17, 15) is 4.79 Å². The Kier molecular flexibility index (Phi) is 5.66. The molecule has 1 saturated carbocycles. The van der Waals surface area contributed by atoms with Crippen molar-refractivity contribution >= 4 is 5.78 Å². The molecule has 1 aliphatic carbocycles. The quantitative estimate of drug-likeness (QED) is 0.724. The molecule has 0 aromatic heterocycles. The third kappa shape index (κ3) is 3.78. The molecule has 21 heavy (non-hydrogen) atoms. The van der Waals surface area contributed by atoms with Crippen LogP contribution in [0.1, 0.15) is 55.8 Å². The highest BCUT2D eigenvalue weighted by Gasteiger charge is 2.28. The lowest BCUT2D eigenvalue weighted by Gasteiger charge is -2.27. The zero-order valence-corrected chi connectivity index (χ0v) is 13.4. The number of hydrogen-bond donors (Lipinski definition) is 0. The van der Waals surface area contributed by atoms with Crippen molar-refractivity contribution in [2.24, 2.45) is 11.8 Å². The fraction of sp³-hybridized carbons (Fsp3) is 0.611. The maximum Gasteiger partial charge on any atom is 0.169 e. The first-order valence-corrected chi connectivity index (χ1v) is 7.95. The molecule has 0 amide bonds. The number of carbonyl (C=O) groups is 1. The van der Waals surface area contributed by atoms with Gasteiger partial charge in [-0.1, -0.05) is 19.8 Å². The van der Waals surface area contributed by atoms with E-state index in [0.29, 0.717) is 11.3 Å². The monoisotopic (exact) mass is 290 g/mol. The van der Waals surface area contributed by atoms with Crippen molar-refractivity contribution in [1.82, 2.24) is 0 Å². The minimum atomic E-state index is 0.153. The van der Waals surface area contributed by atoms with Crippen molar-refractivity contribution < 1.29 is 14.3 Å². The fourth-order valence-electron chi connectivity index (χ4n) is 3.34. The van der Waals surface area contributed by atoms with Crippen molar-refractivity contribution in [1.29, 1.82) is 0 Å². The summed E-state index contributed by atoms with van der Waals surface area (Å²) in [5, 5.41) is 0. The molecule has 1 aliphatic rings. The lowest BCUT2D eigenvalue weighted by atomic mass is 9.77. The molecule has 3 nitrogen and oxygen atoms in total. The minimum Gasteiger partial charge on any atom is -0.497 e. The summed E-state index contributed by atoms with van der Waals surface area (Å²) < 4.78 is 10.5. The molecule has 0 heterocycles. The number of hydrogen-bond acceptors (Lipinski definition) is 3. The van der Waals surface area contributed by atoms with Crippen LogP contribution in [-0.4, -0.2) is 20.0 Å². The van der Waals surface area contributed by atoms with Gasteiger partial charge < -0.3 is 9.47 Å². The van der Waals surface area contributed by atoms with Crippen LogP contribution in [0.5, 0.6) is 11.5 Å². The van der Waals surface area contributed by atoms with E-state index >= 15 is 0 Å². The molecule has 0 radical (unpaired) electrons. The number of ether oxygens (including phenoxy) is 2. The average Bonchev–Trinajstić information content (AvgIpc) is 2.54. The third-order valence-electron chi connectivity index (χ3n) is 4.59. The molecule has 0 bridgehead atoms. The largest absolute Gasteiger partial charge is 0.497 e. The van der Waals surface area contributed by atoms with E-state index in [1.54, 1.807) is 20.3 Å². The Bertz CT molecular complexity index is 473. The molecule has 0 spiro atoms. The van der Waals surface area contributed by atoms with E-state index in [1.165, 1.54) is 25.7 Å². The predicted octanol–water partition coefficient (Wildman–Crippen LogP) is 4.49. The average molecular weight is 290 g/mol. The van der Waals surface area contributed by atoms with Crippen LogP contribution in [-0.2, 0) is 0 Å². The van der Waals surface area contributed by atoms with Crippen LogP contribution >= 0.6 is 0 Å². The highest BCUT2D eigenvalue weighted by atomic mass is 16.5. The normalized spacial score (nSPS) is 21.9. The molecular formula is C18H26O3. The number of carbonyl (C=O) groups excluding carboxylic acids is 1. The Morgan fingerprint density at radius 2 is 1.86 bits per heavy atom. The summed E-state index contributed by atoms with van der Waals surface area (Å²) in [6.07, 6.45) is 6.94. The zero-order valence-electron chi connectivity index (χ0n) is 13.4. The molecule has 2 rings (SSSR count). The van der Waals surface area contributed by atoms with Crippen molar-refractivity contribution in [2.45, 2.75) is 45.4 Å². The van der Waals surface area contributed by atoms with Crippen molar-refractivity contribution in [3.63, 3.8) is 0 Å². The second kappa shape index (κ2) is 7.48. The van der Waals surface area contributed by atoms with Gasteiger partial charge in [0.15, 0.2) is 5.78 Å². The predicted molar refractivity (Wildman–Crippen MR) is 84.2 cm³/mol. The van der Waals surface area contributed by atoms with E-state index in [4.69, 9.17) is 9.47 Å². The van der Waals surface area contributed by atoms with Gasteiger partial charge in [0, 0.05) is 12.0 Å². The lowest BCUT2D eigenvalue weighted by molar-refractivity contribution is 0.0866. The van der Waals surface area contributed by atoms with Crippen molar-refractivity contribution in [3.05, 3.63) is 23.8 Å². The lowest BCUT2D eigenvalue weighted by Crippen LogP contribution is -2.22. The summed E-state index contributed by atoms with van der Waals surface area (Å²) in [7, 11) is 3.22. The number of Topliss-reactive ketones (excluding diaryl/α,β-unsaturated/α-hetero) is 1. The van der Waals surface area contributed by atoms with Gasteiger partial charge in [0.2, 0.25) is 0 Å². The first kappa shape index (κ1) is 15.9. The Morgan fingerprint density at radius 1 is 1.14 bits per heavy atom. The van der Waals surface area contributed by atoms with Gasteiger partial charge >= 0.3 is 0 Å². The van der Waals surface area contributed by atoms with Gasteiger partial charge in [0.05, 0.1) is 19.8 Å². The molecule has 0 saturated heterocycles. The van der Waals surface area contributed by atoms with Gasteiger partial charge in [-0.3, -0.25) is 4.79 Å². The van der Waals surface area contributed by atoms with E-state index in [0.717, 1.165) is 24.5 Å². The van der Waals surface area contributed by atoms with Gasteiger partial charge in [-0.25, -0.2) is 0 Å². The van der Waals surface area contributed by atoms with Crippen LogP contribution in [0.15, 0.2) is 18.2 Å². The number of methoxy groups -OCH3 is 2. The highest BCUT2D eigenvalue weighted by molar-refractivity contribution is 6.00. The Hall–Kier alpha value is -1.51. The molecule has 3 heteroatoms. The number of ketones is 1. The summed E-state index contributed by atoms with van der Waals surface area (Å²) >= 11 is 0. The molecule has 0 aliphatic heterocycles. The molecule has 116 valence electrons. The third-order valence-corrected chi connectivity index (χ3v) is 4.59. The van der Waals surface area contributed by atoms with E-state index in [1.807, 2.05) is 12.1 Å². The molecule has 1 fully saturated rings. The maximum atomic E-state index is 12.7. The fourth-order valence-corrected chi connectivity index (χ4v) is 3.34. The molecule has 0 unspecified atom stereocenters. The summed E-state index contributed by atoms with van der Waals surface area (Å²) in [4.78, 5) is 12.7. The molecular weight excluding hydrogens is 264 g/mol. The van der Waals surface area contributed by atoms with Crippen molar-refractivity contribution in [2.75, 3.05) is 14.2 Å². The van der Waals surface area contributed by atoms with Crippen molar-refractivity contribution in [3.8, 4) is 11.5 Å².